The average Bonchev–Trinajstić information content (AvgIpc) is 2.57. The second kappa shape index (κ2) is 10.1. The van der Waals surface area contributed by atoms with E-state index in [-0.39, 0.29) is 41.9 Å². The summed E-state index contributed by atoms with van der Waals surface area (Å²) in [5, 5.41) is 2.99. The Morgan fingerprint density at radius 3 is 2.29 bits per heavy atom. The van der Waals surface area contributed by atoms with Gasteiger partial charge in [-0.25, -0.2) is 4.39 Å². The number of guanidine groups is 1. The maximum Gasteiger partial charge on any atom is 0.193 e. The molecule has 0 aromatic heterocycles. The zero-order valence-corrected chi connectivity index (χ0v) is 15.9. The zero-order chi connectivity index (χ0) is 16.7. The Morgan fingerprint density at radius 1 is 1.12 bits per heavy atom. The third-order valence-electron chi connectivity index (χ3n) is 3.32. The van der Waals surface area contributed by atoms with Crippen LogP contribution >= 0.6 is 24.0 Å². The molecule has 5 nitrogen and oxygen atoms in total. The van der Waals surface area contributed by atoms with E-state index in [2.05, 4.69) is 10.3 Å². The van der Waals surface area contributed by atoms with Gasteiger partial charge in [-0.2, -0.15) is 0 Å². The molecule has 0 bridgehead atoms. The topological polar surface area (TPSA) is 68.9 Å². The van der Waals surface area contributed by atoms with E-state index in [1.54, 1.807) is 26.4 Å². The molecule has 24 heavy (non-hydrogen) atoms. The molecule has 0 amide bonds. The van der Waals surface area contributed by atoms with Gasteiger partial charge in [-0.1, -0.05) is 12.1 Å². The maximum absolute atomic E-state index is 13.0. The standard InChI is InChI=1S/C17H20FN3O2.HI/c1-22-15-9-7-14(8-10-15)21-17(19)20-11-16(23-2)12-3-5-13(18)6-4-12;/h3-10,16H,11H2,1-2H3,(H3,19,20,21);1H. The van der Waals surface area contributed by atoms with Gasteiger partial charge in [0, 0.05) is 12.8 Å². The zero-order valence-electron chi connectivity index (χ0n) is 13.5. The summed E-state index contributed by atoms with van der Waals surface area (Å²) in [7, 11) is 3.19. The highest BCUT2D eigenvalue weighted by Gasteiger charge is 2.10. The smallest absolute Gasteiger partial charge is 0.193 e. The molecule has 0 saturated carbocycles. The minimum Gasteiger partial charge on any atom is -0.497 e. The summed E-state index contributed by atoms with van der Waals surface area (Å²) in [6, 6.07) is 13.5. The lowest BCUT2D eigenvalue weighted by Gasteiger charge is -2.14. The first kappa shape index (κ1) is 20.2. The maximum atomic E-state index is 13.0. The SMILES string of the molecule is COc1ccc(NC(N)=NCC(OC)c2ccc(F)cc2)cc1.I. The van der Waals surface area contributed by atoms with Crippen LogP contribution < -0.4 is 15.8 Å². The van der Waals surface area contributed by atoms with E-state index in [0.717, 1.165) is 17.0 Å². The Morgan fingerprint density at radius 2 is 1.75 bits per heavy atom. The first-order valence-electron chi connectivity index (χ1n) is 7.11. The summed E-state index contributed by atoms with van der Waals surface area (Å²) in [5.41, 5.74) is 7.52. The van der Waals surface area contributed by atoms with Gasteiger partial charge in [-0.15, -0.1) is 24.0 Å². The highest BCUT2D eigenvalue weighted by Crippen LogP contribution is 2.18. The molecule has 1 unspecified atom stereocenters. The third-order valence-corrected chi connectivity index (χ3v) is 3.32. The van der Waals surface area contributed by atoms with Crippen molar-refractivity contribution < 1.29 is 13.9 Å². The Kier molecular flexibility index (Phi) is 8.48. The molecule has 0 spiro atoms. The van der Waals surface area contributed by atoms with E-state index in [0.29, 0.717) is 6.54 Å². The molecule has 7 heteroatoms. The van der Waals surface area contributed by atoms with Crippen LogP contribution in [0.5, 0.6) is 5.75 Å². The number of methoxy groups -OCH3 is 2. The van der Waals surface area contributed by atoms with E-state index in [1.165, 1.54) is 12.1 Å². The first-order valence-corrected chi connectivity index (χ1v) is 7.11. The second-order valence-electron chi connectivity index (χ2n) is 4.86. The van der Waals surface area contributed by atoms with Crippen LogP contribution in [0.2, 0.25) is 0 Å². The Bertz CT molecular complexity index is 648. The quantitative estimate of drug-likeness (QED) is 0.406. The Labute approximate surface area is 158 Å². The first-order chi connectivity index (χ1) is 11.1. The molecule has 0 heterocycles. The lowest BCUT2D eigenvalue weighted by atomic mass is 10.1. The van der Waals surface area contributed by atoms with Gasteiger partial charge in [-0.05, 0) is 42.0 Å². The fourth-order valence-electron chi connectivity index (χ4n) is 2.04. The van der Waals surface area contributed by atoms with Crippen molar-refractivity contribution in [3.05, 3.63) is 59.9 Å². The summed E-state index contributed by atoms with van der Waals surface area (Å²) in [6.45, 7) is 0.330. The number of hydrogen-bond donors (Lipinski definition) is 2. The molecule has 2 rings (SSSR count). The molecule has 0 aliphatic rings. The molecule has 0 saturated heterocycles. The fraction of sp³-hybridized carbons (Fsp3) is 0.235. The van der Waals surface area contributed by atoms with Crippen molar-refractivity contribution in [1.82, 2.24) is 0 Å². The summed E-state index contributed by atoms with van der Waals surface area (Å²) in [4.78, 5) is 4.27. The number of nitrogens with zero attached hydrogens (tertiary/aromatic N) is 1. The van der Waals surface area contributed by atoms with Crippen LogP contribution in [-0.2, 0) is 4.74 Å². The van der Waals surface area contributed by atoms with E-state index in [9.17, 15) is 4.39 Å². The number of nitrogens with one attached hydrogen (secondary N) is 1. The van der Waals surface area contributed by atoms with Crippen LogP contribution in [0, 0.1) is 5.82 Å². The highest BCUT2D eigenvalue weighted by molar-refractivity contribution is 14.0. The van der Waals surface area contributed by atoms with Crippen molar-refractivity contribution in [2.75, 3.05) is 26.1 Å². The van der Waals surface area contributed by atoms with Crippen molar-refractivity contribution >= 4 is 35.6 Å². The minimum absolute atomic E-state index is 0. The lowest BCUT2D eigenvalue weighted by Crippen LogP contribution is -2.23. The van der Waals surface area contributed by atoms with Crippen LogP contribution in [0.15, 0.2) is 53.5 Å². The Balaban J connectivity index is 0.00000288. The number of anilines is 1. The molecule has 130 valence electrons. The summed E-state index contributed by atoms with van der Waals surface area (Å²) in [6.07, 6.45) is -0.285. The third kappa shape index (κ3) is 5.97. The average molecular weight is 445 g/mol. The number of nitrogens with two attached hydrogens (primary N) is 1. The monoisotopic (exact) mass is 445 g/mol. The van der Waals surface area contributed by atoms with E-state index >= 15 is 0 Å². The van der Waals surface area contributed by atoms with Crippen LogP contribution in [0.3, 0.4) is 0 Å². The summed E-state index contributed by atoms with van der Waals surface area (Å²) < 4.78 is 23.4. The van der Waals surface area contributed by atoms with Gasteiger partial charge in [0.15, 0.2) is 5.96 Å². The molecule has 3 N–H and O–H groups in total. The number of rotatable bonds is 6. The van der Waals surface area contributed by atoms with Gasteiger partial charge in [0.1, 0.15) is 17.7 Å². The van der Waals surface area contributed by atoms with Gasteiger partial charge < -0.3 is 20.5 Å². The lowest BCUT2D eigenvalue weighted by molar-refractivity contribution is 0.111. The van der Waals surface area contributed by atoms with Crippen LogP contribution in [0.25, 0.3) is 0 Å². The predicted molar refractivity (Wildman–Crippen MR) is 105 cm³/mol. The van der Waals surface area contributed by atoms with Gasteiger partial charge in [-0.3, -0.25) is 4.99 Å². The van der Waals surface area contributed by atoms with Gasteiger partial charge in [0.05, 0.1) is 13.7 Å². The van der Waals surface area contributed by atoms with Crippen molar-refractivity contribution in [3.8, 4) is 5.75 Å². The van der Waals surface area contributed by atoms with Crippen molar-refractivity contribution in [2.45, 2.75) is 6.10 Å². The van der Waals surface area contributed by atoms with Crippen molar-refractivity contribution in [2.24, 2.45) is 10.7 Å². The summed E-state index contributed by atoms with van der Waals surface area (Å²) in [5.74, 6) is 0.758. The molecule has 1 atom stereocenters. The molecule has 2 aromatic carbocycles. The normalized spacial score (nSPS) is 12.2. The van der Waals surface area contributed by atoms with E-state index in [1.807, 2.05) is 24.3 Å². The van der Waals surface area contributed by atoms with E-state index in [4.69, 9.17) is 15.2 Å². The van der Waals surface area contributed by atoms with Gasteiger partial charge in [0.25, 0.3) is 0 Å². The Hall–Kier alpha value is -1.87. The number of benzene rings is 2. The van der Waals surface area contributed by atoms with Crippen LogP contribution in [0.1, 0.15) is 11.7 Å². The molecule has 2 aromatic rings. The summed E-state index contributed by atoms with van der Waals surface area (Å²) >= 11 is 0. The molecule has 0 fully saturated rings. The van der Waals surface area contributed by atoms with Crippen molar-refractivity contribution in [1.29, 1.82) is 0 Å². The fourth-order valence-corrected chi connectivity index (χ4v) is 2.04. The van der Waals surface area contributed by atoms with E-state index < -0.39 is 0 Å². The van der Waals surface area contributed by atoms with Crippen LogP contribution in [-0.4, -0.2) is 26.7 Å². The van der Waals surface area contributed by atoms with Gasteiger partial charge in [0.2, 0.25) is 0 Å². The second-order valence-corrected chi connectivity index (χ2v) is 4.86. The number of hydrogen-bond acceptors (Lipinski definition) is 3. The number of aliphatic imine (C=N–C) groups is 1. The number of halogens is 2. The molecule has 0 radical (unpaired) electrons. The molecular formula is C17H21FIN3O2. The van der Waals surface area contributed by atoms with Crippen molar-refractivity contribution in [3.63, 3.8) is 0 Å². The molecule has 0 aliphatic heterocycles. The highest BCUT2D eigenvalue weighted by atomic mass is 127. The van der Waals surface area contributed by atoms with Crippen LogP contribution in [0.4, 0.5) is 10.1 Å². The molecule has 0 aliphatic carbocycles. The minimum atomic E-state index is -0.285. The predicted octanol–water partition coefficient (Wildman–Crippen LogP) is 3.57. The largest absolute Gasteiger partial charge is 0.497 e. The molecular weight excluding hydrogens is 424 g/mol. The van der Waals surface area contributed by atoms with Gasteiger partial charge >= 0.3 is 0 Å². The number of ether oxygens (including phenoxy) is 2.